The summed E-state index contributed by atoms with van der Waals surface area (Å²) in [5.74, 6) is -0.970. The van der Waals surface area contributed by atoms with Gasteiger partial charge in [-0.1, -0.05) is 37.3 Å². The van der Waals surface area contributed by atoms with Gasteiger partial charge in [-0.05, 0) is 42.7 Å². The maximum atomic E-state index is 12.7. The van der Waals surface area contributed by atoms with E-state index in [-0.39, 0.29) is 24.3 Å². The number of carbonyl (C=O) groups excluding carboxylic acids is 3. The molecule has 1 aliphatic carbocycles. The fourth-order valence-electron chi connectivity index (χ4n) is 3.45. The summed E-state index contributed by atoms with van der Waals surface area (Å²) in [5.41, 5.74) is 2.49. The van der Waals surface area contributed by atoms with Gasteiger partial charge in [-0.2, -0.15) is 0 Å². The number of hydrogen-bond acceptors (Lipinski definition) is 5. The highest BCUT2D eigenvalue weighted by molar-refractivity contribution is 7.17. The standard InChI is InChI=1S/C22H26N2O4S/c1-14(16-8-4-3-5-9-16)12-23-19(26)13-28-22(27)20-17-10-6-7-11-18(17)29-21(20)24-15(2)25/h3-5,8-9,14H,6-7,10-13H2,1-2H3,(H,23,26)(H,24,25)/t14-/m0/s1. The Labute approximate surface area is 174 Å². The van der Waals surface area contributed by atoms with Gasteiger partial charge >= 0.3 is 5.97 Å². The summed E-state index contributed by atoms with van der Waals surface area (Å²) in [5, 5.41) is 6.06. The SMILES string of the molecule is CC(=O)Nc1sc2c(c1C(=O)OCC(=O)NC[C@H](C)c1ccccc1)CCCC2. The van der Waals surface area contributed by atoms with Crippen LogP contribution in [-0.4, -0.2) is 30.9 Å². The van der Waals surface area contributed by atoms with Crippen molar-refractivity contribution in [3.63, 3.8) is 0 Å². The van der Waals surface area contributed by atoms with Gasteiger partial charge < -0.3 is 15.4 Å². The van der Waals surface area contributed by atoms with E-state index in [4.69, 9.17) is 4.74 Å². The number of benzene rings is 1. The highest BCUT2D eigenvalue weighted by Crippen LogP contribution is 2.38. The molecule has 3 rings (SSSR count). The molecule has 2 aromatic rings. The molecule has 29 heavy (non-hydrogen) atoms. The second-order valence-electron chi connectivity index (χ2n) is 7.29. The third kappa shape index (κ3) is 5.44. The number of carbonyl (C=O) groups is 3. The van der Waals surface area contributed by atoms with Gasteiger partial charge in [0, 0.05) is 18.3 Å². The number of nitrogens with one attached hydrogen (secondary N) is 2. The van der Waals surface area contributed by atoms with Crippen molar-refractivity contribution in [2.75, 3.05) is 18.5 Å². The lowest BCUT2D eigenvalue weighted by molar-refractivity contribution is -0.124. The predicted molar refractivity (Wildman–Crippen MR) is 113 cm³/mol. The van der Waals surface area contributed by atoms with Crippen LogP contribution in [0.2, 0.25) is 0 Å². The highest BCUT2D eigenvalue weighted by atomic mass is 32.1. The monoisotopic (exact) mass is 414 g/mol. The van der Waals surface area contributed by atoms with E-state index in [0.29, 0.717) is 17.1 Å². The quantitative estimate of drug-likeness (QED) is 0.677. The maximum Gasteiger partial charge on any atom is 0.341 e. The zero-order valence-corrected chi connectivity index (χ0v) is 17.6. The molecule has 1 aromatic carbocycles. The third-order valence-electron chi connectivity index (χ3n) is 4.97. The van der Waals surface area contributed by atoms with Crippen molar-refractivity contribution >= 4 is 34.1 Å². The molecular weight excluding hydrogens is 388 g/mol. The summed E-state index contributed by atoms with van der Waals surface area (Å²) in [6.07, 6.45) is 3.76. The number of esters is 1. The lowest BCUT2D eigenvalue weighted by atomic mass is 9.95. The number of amides is 2. The number of anilines is 1. The molecule has 1 atom stereocenters. The van der Waals surface area contributed by atoms with E-state index in [9.17, 15) is 14.4 Å². The molecule has 0 fully saturated rings. The molecule has 0 saturated heterocycles. The fraction of sp³-hybridized carbons (Fsp3) is 0.409. The van der Waals surface area contributed by atoms with E-state index in [0.717, 1.165) is 41.7 Å². The lowest BCUT2D eigenvalue weighted by Gasteiger charge is -2.14. The molecule has 2 N–H and O–H groups in total. The van der Waals surface area contributed by atoms with Crippen LogP contribution in [0.4, 0.5) is 5.00 Å². The minimum absolute atomic E-state index is 0.158. The summed E-state index contributed by atoms with van der Waals surface area (Å²) in [6, 6.07) is 9.90. The lowest BCUT2D eigenvalue weighted by Crippen LogP contribution is -2.31. The summed E-state index contributed by atoms with van der Waals surface area (Å²) in [6.45, 7) is 3.56. The zero-order valence-electron chi connectivity index (χ0n) is 16.7. The molecule has 154 valence electrons. The molecule has 0 unspecified atom stereocenters. The van der Waals surface area contributed by atoms with Crippen LogP contribution >= 0.6 is 11.3 Å². The zero-order chi connectivity index (χ0) is 20.8. The summed E-state index contributed by atoms with van der Waals surface area (Å²) < 4.78 is 5.28. The first-order chi connectivity index (χ1) is 14.0. The van der Waals surface area contributed by atoms with Crippen molar-refractivity contribution in [3.05, 3.63) is 51.9 Å². The minimum Gasteiger partial charge on any atom is -0.452 e. The topological polar surface area (TPSA) is 84.5 Å². The van der Waals surface area contributed by atoms with Crippen molar-refractivity contribution in [1.29, 1.82) is 0 Å². The maximum absolute atomic E-state index is 12.7. The van der Waals surface area contributed by atoms with Gasteiger partial charge in [0.2, 0.25) is 5.91 Å². The van der Waals surface area contributed by atoms with Crippen LogP contribution in [0, 0.1) is 0 Å². The number of aryl methyl sites for hydroxylation is 1. The van der Waals surface area contributed by atoms with E-state index in [1.54, 1.807) is 0 Å². The molecule has 7 heteroatoms. The number of thiophene rings is 1. The van der Waals surface area contributed by atoms with Crippen LogP contribution < -0.4 is 10.6 Å². The van der Waals surface area contributed by atoms with E-state index in [1.807, 2.05) is 37.3 Å². The summed E-state index contributed by atoms with van der Waals surface area (Å²) >= 11 is 1.43. The third-order valence-corrected chi connectivity index (χ3v) is 6.18. The molecule has 0 bridgehead atoms. The summed E-state index contributed by atoms with van der Waals surface area (Å²) in [4.78, 5) is 37.5. The molecule has 0 spiro atoms. The molecule has 1 heterocycles. The Morgan fingerprint density at radius 1 is 1.14 bits per heavy atom. The molecule has 1 aliphatic rings. The van der Waals surface area contributed by atoms with Gasteiger partial charge in [-0.3, -0.25) is 9.59 Å². The Morgan fingerprint density at radius 3 is 2.59 bits per heavy atom. The molecule has 1 aromatic heterocycles. The van der Waals surface area contributed by atoms with Crippen molar-refractivity contribution in [1.82, 2.24) is 5.32 Å². The molecular formula is C22H26N2O4S. The summed E-state index contributed by atoms with van der Waals surface area (Å²) in [7, 11) is 0. The van der Waals surface area contributed by atoms with Crippen molar-refractivity contribution in [2.45, 2.75) is 45.4 Å². The van der Waals surface area contributed by atoms with Gasteiger partial charge in [0.15, 0.2) is 6.61 Å². The fourth-order valence-corrected chi connectivity index (χ4v) is 4.77. The first kappa shape index (κ1) is 21.0. The Hall–Kier alpha value is -2.67. The number of fused-ring (bicyclic) bond motifs is 1. The Bertz CT molecular complexity index is 892. The Kier molecular flexibility index (Phi) is 7.04. The molecule has 0 saturated carbocycles. The first-order valence-electron chi connectivity index (χ1n) is 9.86. The largest absolute Gasteiger partial charge is 0.452 e. The van der Waals surface area contributed by atoms with E-state index >= 15 is 0 Å². The van der Waals surface area contributed by atoms with Crippen LogP contribution in [0.5, 0.6) is 0 Å². The molecule has 2 amide bonds. The van der Waals surface area contributed by atoms with Gasteiger partial charge in [0.05, 0.1) is 5.56 Å². The molecule has 0 radical (unpaired) electrons. The van der Waals surface area contributed by atoms with Gasteiger partial charge in [0.25, 0.3) is 5.91 Å². The van der Waals surface area contributed by atoms with Crippen LogP contribution in [-0.2, 0) is 27.2 Å². The van der Waals surface area contributed by atoms with Crippen molar-refractivity contribution in [2.24, 2.45) is 0 Å². The van der Waals surface area contributed by atoms with Crippen molar-refractivity contribution in [3.8, 4) is 0 Å². The van der Waals surface area contributed by atoms with Crippen LogP contribution in [0.25, 0.3) is 0 Å². The molecule has 6 nitrogen and oxygen atoms in total. The van der Waals surface area contributed by atoms with Gasteiger partial charge in [-0.15, -0.1) is 11.3 Å². The predicted octanol–water partition coefficient (Wildman–Crippen LogP) is 3.66. The van der Waals surface area contributed by atoms with Gasteiger partial charge in [0.1, 0.15) is 5.00 Å². The Morgan fingerprint density at radius 2 is 1.86 bits per heavy atom. The number of rotatable bonds is 7. The average molecular weight is 415 g/mol. The van der Waals surface area contributed by atoms with Crippen LogP contribution in [0.1, 0.15) is 59.0 Å². The second kappa shape index (κ2) is 9.69. The minimum atomic E-state index is -0.556. The normalized spacial score (nSPS) is 13.9. The first-order valence-corrected chi connectivity index (χ1v) is 10.7. The smallest absolute Gasteiger partial charge is 0.341 e. The highest BCUT2D eigenvalue weighted by Gasteiger charge is 2.27. The van der Waals surface area contributed by atoms with E-state index in [1.165, 1.54) is 18.3 Å². The van der Waals surface area contributed by atoms with E-state index in [2.05, 4.69) is 10.6 Å². The number of ether oxygens (including phenoxy) is 1. The average Bonchev–Trinajstić information content (AvgIpc) is 3.08. The van der Waals surface area contributed by atoms with Crippen LogP contribution in [0.3, 0.4) is 0 Å². The Balaban J connectivity index is 1.58. The molecule has 0 aliphatic heterocycles. The van der Waals surface area contributed by atoms with E-state index < -0.39 is 5.97 Å². The number of hydrogen-bond donors (Lipinski definition) is 2. The van der Waals surface area contributed by atoms with Crippen molar-refractivity contribution < 1.29 is 19.1 Å². The van der Waals surface area contributed by atoms with Gasteiger partial charge in [-0.25, -0.2) is 4.79 Å². The van der Waals surface area contributed by atoms with Crippen LogP contribution in [0.15, 0.2) is 30.3 Å². The second-order valence-corrected chi connectivity index (χ2v) is 8.39.